The van der Waals surface area contributed by atoms with Gasteiger partial charge in [-0.2, -0.15) is 0 Å². The molecule has 0 aromatic heterocycles. The molecule has 0 radical (unpaired) electrons. The van der Waals surface area contributed by atoms with E-state index in [-0.39, 0.29) is 11.9 Å². The maximum absolute atomic E-state index is 11.6. The highest BCUT2D eigenvalue weighted by molar-refractivity contribution is 5.80. The zero-order chi connectivity index (χ0) is 13.4. The number of fused-ring (bicyclic) bond motifs is 3. The summed E-state index contributed by atoms with van der Waals surface area (Å²) in [6.45, 7) is 1.88. The van der Waals surface area contributed by atoms with Crippen molar-refractivity contribution in [2.75, 3.05) is 7.11 Å². The van der Waals surface area contributed by atoms with Crippen LogP contribution in [0.5, 0.6) is 0 Å². The molecule has 19 heavy (non-hydrogen) atoms. The van der Waals surface area contributed by atoms with Gasteiger partial charge in [0.05, 0.1) is 13.0 Å². The third-order valence-electron chi connectivity index (χ3n) is 3.87. The smallest absolute Gasteiger partial charge is 0.312 e. The summed E-state index contributed by atoms with van der Waals surface area (Å²) in [7, 11) is 1.43. The van der Waals surface area contributed by atoms with Crippen LogP contribution in [0.2, 0.25) is 0 Å². The van der Waals surface area contributed by atoms with E-state index in [1.807, 2.05) is 13.0 Å². The van der Waals surface area contributed by atoms with Crippen molar-refractivity contribution in [3.05, 3.63) is 59.2 Å². The minimum absolute atomic E-state index is 0.185. The first kappa shape index (κ1) is 12.0. The second-order valence-electron chi connectivity index (χ2n) is 5.00. The van der Waals surface area contributed by atoms with Crippen molar-refractivity contribution in [1.82, 2.24) is 0 Å². The summed E-state index contributed by atoms with van der Waals surface area (Å²) in [4.78, 5) is 11.6. The Morgan fingerprint density at radius 3 is 2.63 bits per heavy atom. The molecule has 0 fully saturated rings. The van der Waals surface area contributed by atoms with Crippen molar-refractivity contribution in [1.29, 1.82) is 0 Å². The van der Waals surface area contributed by atoms with Crippen LogP contribution in [0.3, 0.4) is 0 Å². The molecule has 0 aliphatic heterocycles. The Hall–Kier alpha value is -2.09. The van der Waals surface area contributed by atoms with E-state index < -0.39 is 0 Å². The zero-order valence-corrected chi connectivity index (χ0v) is 11.1. The number of esters is 1. The monoisotopic (exact) mass is 252 g/mol. The number of carbonyl (C=O) groups excluding carboxylic acids is 1. The third kappa shape index (κ3) is 1.93. The van der Waals surface area contributed by atoms with Gasteiger partial charge in [-0.3, -0.25) is 4.79 Å². The van der Waals surface area contributed by atoms with E-state index >= 15 is 0 Å². The van der Waals surface area contributed by atoms with Gasteiger partial charge in [-0.1, -0.05) is 42.5 Å². The first-order valence-corrected chi connectivity index (χ1v) is 6.49. The van der Waals surface area contributed by atoms with E-state index in [0.717, 1.165) is 12.0 Å². The minimum atomic E-state index is -0.209. The first-order chi connectivity index (χ1) is 9.20. The number of hydrogen-bond acceptors (Lipinski definition) is 2. The Morgan fingerprint density at radius 1 is 1.11 bits per heavy atom. The normalized spacial score (nSPS) is 13.6. The molecule has 1 aliphatic carbocycles. The molecule has 2 nitrogen and oxygen atoms in total. The summed E-state index contributed by atoms with van der Waals surface area (Å²) < 4.78 is 4.81. The van der Waals surface area contributed by atoms with Crippen molar-refractivity contribution in [3.63, 3.8) is 0 Å². The Labute approximate surface area is 113 Å². The molecule has 0 N–H and O–H groups in total. The average Bonchev–Trinajstić information content (AvgIpc) is 2.83. The second kappa shape index (κ2) is 4.54. The lowest BCUT2D eigenvalue weighted by atomic mass is 9.96. The Morgan fingerprint density at radius 2 is 1.84 bits per heavy atom. The third-order valence-corrected chi connectivity index (χ3v) is 3.87. The van der Waals surface area contributed by atoms with Gasteiger partial charge in [0.15, 0.2) is 0 Å². The molecular weight excluding hydrogens is 236 g/mol. The summed E-state index contributed by atoms with van der Waals surface area (Å²) in [6, 6.07) is 14.8. The fraction of sp³-hybridized carbons (Fsp3) is 0.235. The van der Waals surface area contributed by atoms with Gasteiger partial charge in [0.25, 0.3) is 0 Å². The quantitative estimate of drug-likeness (QED) is 0.652. The maximum Gasteiger partial charge on any atom is 0.312 e. The van der Waals surface area contributed by atoms with E-state index in [1.54, 1.807) is 0 Å². The standard InChI is InChI=1S/C17H16O2/c1-11(17(18)19-2)12-7-8-16-14(9-12)10-13-5-3-4-6-15(13)16/h3-9,11H,10H2,1-2H3. The molecule has 1 aliphatic rings. The molecule has 0 saturated carbocycles. The molecule has 0 spiro atoms. The van der Waals surface area contributed by atoms with Crippen LogP contribution in [0, 0.1) is 0 Å². The van der Waals surface area contributed by atoms with Crippen molar-refractivity contribution < 1.29 is 9.53 Å². The van der Waals surface area contributed by atoms with Crippen molar-refractivity contribution in [2.45, 2.75) is 19.3 Å². The molecule has 2 aromatic rings. The van der Waals surface area contributed by atoms with E-state index in [0.29, 0.717) is 0 Å². The molecule has 0 amide bonds. The van der Waals surface area contributed by atoms with Gasteiger partial charge >= 0.3 is 5.97 Å². The Bertz CT molecular complexity index is 643. The van der Waals surface area contributed by atoms with Crippen LogP contribution < -0.4 is 0 Å². The van der Waals surface area contributed by atoms with Gasteiger partial charge in [-0.05, 0) is 41.2 Å². The average molecular weight is 252 g/mol. The van der Waals surface area contributed by atoms with E-state index in [9.17, 15) is 4.79 Å². The molecule has 96 valence electrons. The number of benzene rings is 2. The molecule has 0 bridgehead atoms. The van der Waals surface area contributed by atoms with Crippen LogP contribution in [0.4, 0.5) is 0 Å². The Balaban J connectivity index is 2.00. The fourth-order valence-corrected chi connectivity index (χ4v) is 2.75. The number of rotatable bonds is 2. The van der Waals surface area contributed by atoms with Crippen LogP contribution in [0.1, 0.15) is 29.5 Å². The number of ether oxygens (including phenoxy) is 1. The van der Waals surface area contributed by atoms with Gasteiger partial charge < -0.3 is 4.74 Å². The van der Waals surface area contributed by atoms with Gasteiger partial charge in [0.1, 0.15) is 0 Å². The largest absolute Gasteiger partial charge is 0.469 e. The number of carbonyl (C=O) groups is 1. The summed E-state index contributed by atoms with van der Waals surface area (Å²) in [5.41, 5.74) is 6.29. The van der Waals surface area contributed by atoms with Gasteiger partial charge in [-0.15, -0.1) is 0 Å². The maximum atomic E-state index is 11.6. The summed E-state index contributed by atoms with van der Waals surface area (Å²) in [5.74, 6) is -0.394. The number of hydrogen-bond donors (Lipinski definition) is 0. The predicted molar refractivity (Wildman–Crippen MR) is 75.1 cm³/mol. The summed E-state index contributed by atoms with van der Waals surface area (Å²) >= 11 is 0. The lowest BCUT2D eigenvalue weighted by Crippen LogP contribution is -2.10. The van der Waals surface area contributed by atoms with Crippen molar-refractivity contribution >= 4 is 5.97 Å². The minimum Gasteiger partial charge on any atom is -0.469 e. The highest BCUT2D eigenvalue weighted by Crippen LogP contribution is 2.37. The van der Waals surface area contributed by atoms with E-state index in [2.05, 4.69) is 36.4 Å². The summed E-state index contributed by atoms with van der Waals surface area (Å²) in [6.07, 6.45) is 0.952. The summed E-state index contributed by atoms with van der Waals surface area (Å²) in [5, 5.41) is 0. The fourth-order valence-electron chi connectivity index (χ4n) is 2.75. The Kier molecular flexibility index (Phi) is 2.86. The van der Waals surface area contributed by atoms with Crippen LogP contribution >= 0.6 is 0 Å². The lowest BCUT2D eigenvalue weighted by molar-refractivity contribution is -0.141. The molecular formula is C17H16O2. The van der Waals surface area contributed by atoms with E-state index in [1.165, 1.54) is 29.4 Å². The van der Waals surface area contributed by atoms with Crippen molar-refractivity contribution in [2.24, 2.45) is 0 Å². The van der Waals surface area contributed by atoms with Gasteiger partial charge in [-0.25, -0.2) is 0 Å². The molecule has 3 rings (SSSR count). The molecule has 1 unspecified atom stereocenters. The second-order valence-corrected chi connectivity index (χ2v) is 5.00. The zero-order valence-electron chi connectivity index (χ0n) is 11.1. The van der Waals surface area contributed by atoms with E-state index in [4.69, 9.17) is 4.74 Å². The first-order valence-electron chi connectivity index (χ1n) is 6.49. The van der Waals surface area contributed by atoms with Gasteiger partial charge in [0, 0.05) is 0 Å². The van der Waals surface area contributed by atoms with Gasteiger partial charge in [0.2, 0.25) is 0 Å². The molecule has 2 heteroatoms. The lowest BCUT2D eigenvalue weighted by Gasteiger charge is -2.11. The SMILES string of the molecule is COC(=O)C(C)c1ccc2c(c1)Cc1ccccc1-2. The molecule has 2 aromatic carbocycles. The highest BCUT2D eigenvalue weighted by atomic mass is 16.5. The van der Waals surface area contributed by atoms with Crippen LogP contribution in [0.25, 0.3) is 11.1 Å². The van der Waals surface area contributed by atoms with Crippen LogP contribution in [0.15, 0.2) is 42.5 Å². The van der Waals surface area contributed by atoms with Crippen LogP contribution in [-0.2, 0) is 16.0 Å². The van der Waals surface area contributed by atoms with Crippen LogP contribution in [-0.4, -0.2) is 13.1 Å². The molecule has 0 heterocycles. The molecule has 1 atom stereocenters. The molecule has 0 saturated heterocycles. The number of methoxy groups -OCH3 is 1. The van der Waals surface area contributed by atoms with Crippen molar-refractivity contribution in [3.8, 4) is 11.1 Å². The topological polar surface area (TPSA) is 26.3 Å². The predicted octanol–water partition coefficient (Wildman–Crippen LogP) is 3.53. The highest BCUT2D eigenvalue weighted by Gasteiger charge is 2.21.